The van der Waals surface area contributed by atoms with Crippen LogP contribution in [0.5, 0.6) is 0 Å². The van der Waals surface area contributed by atoms with Crippen molar-refractivity contribution in [3.8, 4) is 0 Å². The van der Waals surface area contributed by atoms with E-state index in [0.29, 0.717) is 6.10 Å². The quantitative estimate of drug-likeness (QED) is 0.683. The van der Waals surface area contributed by atoms with Gasteiger partial charge in [-0.3, -0.25) is 0 Å². The third-order valence-corrected chi connectivity index (χ3v) is 2.96. The van der Waals surface area contributed by atoms with Crippen molar-refractivity contribution in [2.45, 2.75) is 45.1 Å². The van der Waals surface area contributed by atoms with Crippen LogP contribution in [0.25, 0.3) is 0 Å². The zero-order chi connectivity index (χ0) is 10.9. The average Bonchev–Trinajstić information content (AvgIpc) is 2.43. The summed E-state index contributed by atoms with van der Waals surface area (Å²) in [6.45, 7) is 7.50. The lowest BCUT2D eigenvalue weighted by Crippen LogP contribution is -2.31. The Morgan fingerprint density at radius 3 is 2.87 bits per heavy atom. The smallest absolute Gasteiger partial charge is 0.0673 e. The first-order chi connectivity index (χ1) is 7.33. The van der Waals surface area contributed by atoms with E-state index >= 15 is 0 Å². The Kier molecular flexibility index (Phi) is 6.98. The van der Waals surface area contributed by atoms with E-state index in [2.05, 4.69) is 11.8 Å². The largest absolute Gasteiger partial charge is 0.377 e. The molecule has 0 aromatic rings. The van der Waals surface area contributed by atoms with Gasteiger partial charge in [0.25, 0.3) is 0 Å². The Morgan fingerprint density at radius 1 is 1.27 bits per heavy atom. The van der Waals surface area contributed by atoms with Crippen molar-refractivity contribution < 1.29 is 4.74 Å². The zero-order valence-electron chi connectivity index (χ0n) is 10.1. The molecule has 0 aromatic heterocycles. The maximum absolute atomic E-state index is 5.62. The Balaban J connectivity index is 2.03. The highest BCUT2D eigenvalue weighted by Gasteiger charge is 2.13. The zero-order valence-corrected chi connectivity index (χ0v) is 10.1. The van der Waals surface area contributed by atoms with Crippen LogP contribution in [0, 0.1) is 0 Å². The molecule has 1 atom stereocenters. The Labute approximate surface area is 94.0 Å². The molecule has 0 radical (unpaired) electrons. The molecule has 1 rings (SSSR count). The van der Waals surface area contributed by atoms with E-state index < -0.39 is 0 Å². The van der Waals surface area contributed by atoms with Gasteiger partial charge in [-0.15, -0.1) is 0 Å². The fourth-order valence-corrected chi connectivity index (χ4v) is 2.12. The highest BCUT2D eigenvalue weighted by molar-refractivity contribution is 4.66. The normalized spacial score (nSPS) is 24.0. The molecule has 3 nitrogen and oxygen atoms in total. The maximum atomic E-state index is 5.62. The van der Waals surface area contributed by atoms with E-state index in [0.717, 1.165) is 19.7 Å². The molecular weight excluding hydrogens is 188 g/mol. The molecule has 3 heteroatoms. The predicted molar refractivity (Wildman–Crippen MR) is 64.0 cm³/mol. The van der Waals surface area contributed by atoms with Gasteiger partial charge in [-0.25, -0.2) is 0 Å². The number of rotatable bonds is 6. The molecular formula is C12H26N2O. The highest BCUT2D eigenvalue weighted by atomic mass is 16.5. The number of unbranched alkanes of at least 4 members (excludes halogenated alkanes) is 3. The predicted octanol–water partition coefficient (Wildman–Crippen LogP) is 1.62. The summed E-state index contributed by atoms with van der Waals surface area (Å²) in [5.74, 6) is 0. The summed E-state index contributed by atoms with van der Waals surface area (Å²) in [4.78, 5) is 2.54. The monoisotopic (exact) mass is 214 g/mol. The van der Waals surface area contributed by atoms with Crippen molar-refractivity contribution >= 4 is 0 Å². The van der Waals surface area contributed by atoms with Crippen molar-refractivity contribution in [1.29, 1.82) is 0 Å². The van der Waals surface area contributed by atoms with Crippen LogP contribution in [-0.4, -0.2) is 43.8 Å². The van der Waals surface area contributed by atoms with E-state index in [9.17, 15) is 0 Å². The van der Waals surface area contributed by atoms with Crippen molar-refractivity contribution in [2.75, 3.05) is 32.8 Å². The van der Waals surface area contributed by atoms with E-state index in [-0.39, 0.29) is 0 Å². The molecule has 0 saturated carbocycles. The average molecular weight is 214 g/mol. The van der Waals surface area contributed by atoms with Crippen molar-refractivity contribution in [3.63, 3.8) is 0 Å². The molecule has 0 bridgehead atoms. The minimum Gasteiger partial charge on any atom is -0.377 e. The summed E-state index contributed by atoms with van der Waals surface area (Å²) in [5, 5.41) is 0. The maximum Gasteiger partial charge on any atom is 0.0673 e. The lowest BCUT2D eigenvalue weighted by atomic mass is 10.2. The Bertz CT molecular complexity index is 153. The van der Waals surface area contributed by atoms with Gasteiger partial charge in [0.2, 0.25) is 0 Å². The molecule has 90 valence electrons. The second kappa shape index (κ2) is 8.08. The first kappa shape index (κ1) is 12.9. The minimum absolute atomic E-state index is 0.413. The van der Waals surface area contributed by atoms with Crippen LogP contribution >= 0.6 is 0 Å². The van der Waals surface area contributed by atoms with Crippen LogP contribution in [0.2, 0.25) is 0 Å². The van der Waals surface area contributed by atoms with Gasteiger partial charge in [0, 0.05) is 19.7 Å². The summed E-state index contributed by atoms with van der Waals surface area (Å²) >= 11 is 0. The second-order valence-corrected chi connectivity index (χ2v) is 4.54. The Morgan fingerprint density at radius 2 is 2.07 bits per heavy atom. The lowest BCUT2D eigenvalue weighted by molar-refractivity contribution is 0.0675. The van der Waals surface area contributed by atoms with Crippen molar-refractivity contribution in [1.82, 2.24) is 4.90 Å². The molecule has 1 fully saturated rings. The van der Waals surface area contributed by atoms with E-state index in [1.54, 1.807) is 0 Å². The summed E-state index contributed by atoms with van der Waals surface area (Å²) in [6.07, 6.45) is 6.70. The summed E-state index contributed by atoms with van der Waals surface area (Å²) in [7, 11) is 0. The van der Waals surface area contributed by atoms with Gasteiger partial charge in [-0.1, -0.05) is 12.8 Å². The third-order valence-electron chi connectivity index (χ3n) is 2.96. The van der Waals surface area contributed by atoms with Crippen LogP contribution in [-0.2, 0) is 4.74 Å². The third kappa shape index (κ3) is 6.13. The molecule has 1 aliphatic rings. The van der Waals surface area contributed by atoms with E-state index in [1.165, 1.54) is 45.2 Å². The molecule has 1 aliphatic heterocycles. The van der Waals surface area contributed by atoms with Crippen LogP contribution < -0.4 is 5.73 Å². The van der Waals surface area contributed by atoms with Gasteiger partial charge < -0.3 is 15.4 Å². The topological polar surface area (TPSA) is 38.5 Å². The summed E-state index contributed by atoms with van der Waals surface area (Å²) in [6, 6.07) is 0. The fraction of sp³-hybridized carbons (Fsp3) is 1.00. The first-order valence-electron chi connectivity index (χ1n) is 6.37. The molecule has 1 unspecified atom stereocenters. The van der Waals surface area contributed by atoms with Crippen molar-refractivity contribution in [2.24, 2.45) is 5.73 Å². The van der Waals surface area contributed by atoms with Gasteiger partial charge in [0.15, 0.2) is 0 Å². The highest BCUT2D eigenvalue weighted by Crippen LogP contribution is 2.07. The van der Waals surface area contributed by atoms with Crippen LogP contribution in [0.4, 0.5) is 0 Å². The number of hydrogen-bond donors (Lipinski definition) is 1. The second-order valence-electron chi connectivity index (χ2n) is 4.54. The molecule has 2 N–H and O–H groups in total. The molecule has 0 aromatic carbocycles. The molecule has 0 spiro atoms. The Hall–Kier alpha value is -0.120. The van der Waals surface area contributed by atoms with Crippen LogP contribution in [0.15, 0.2) is 0 Å². The molecule has 0 aliphatic carbocycles. The van der Waals surface area contributed by atoms with E-state index in [1.807, 2.05) is 0 Å². The number of nitrogens with zero attached hydrogens (tertiary/aromatic N) is 1. The standard InChI is InChI=1S/C12H26N2O/c1-12-11-14(9-6-10-15-12)8-5-3-2-4-7-13/h12H,2-11,13H2,1H3. The minimum atomic E-state index is 0.413. The van der Waals surface area contributed by atoms with Crippen LogP contribution in [0.3, 0.4) is 0 Å². The van der Waals surface area contributed by atoms with Gasteiger partial charge in [0.1, 0.15) is 0 Å². The lowest BCUT2D eigenvalue weighted by Gasteiger charge is -2.21. The van der Waals surface area contributed by atoms with Crippen LogP contribution in [0.1, 0.15) is 39.0 Å². The molecule has 1 saturated heterocycles. The molecule has 1 heterocycles. The van der Waals surface area contributed by atoms with Gasteiger partial charge >= 0.3 is 0 Å². The fourth-order valence-electron chi connectivity index (χ4n) is 2.12. The summed E-state index contributed by atoms with van der Waals surface area (Å²) in [5.41, 5.74) is 5.47. The van der Waals surface area contributed by atoms with Gasteiger partial charge in [0.05, 0.1) is 6.10 Å². The van der Waals surface area contributed by atoms with Gasteiger partial charge in [-0.05, 0) is 39.3 Å². The first-order valence-corrected chi connectivity index (χ1v) is 6.37. The number of hydrogen-bond acceptors (Lipinski definition) is 3. The molecule has 15 heavy (non-hydrogen) atoms. The SMILES string of the molecule is CC1CN(CCCCCCN)CCCO1. The van der Waals surface area contributed by atoms with E-state index in [4.69, 9.17) is 10.5 Å². The van der Waals surface area contributed by atoms with Crippen molar-refractivity contribution in [3.05, 3.63) is 0 Å². The van der Waals surface area contributed by atoms with Gasteiger partial charge in [-0.2, -0.15) is 0 Å². The molecule has 0 amide bonds. The number of nitrogens with two attached hydrogens (primary N) is 1. The number of ether oxygens (including phenoxy) is 1. The summed E-state index contributed by atoms with van der Waals surface area (Å²) < 4.78 is 5.62.